The summed E-state index contributed by atoms with van der Waals surface area (Å²) in [6.45, 7) is 9.77. The molecule has 0 saturated heterocycles. The summed E-state index contributed by atoms with van der Waals surface area (Å²) in [5.74, 6) is -0.238. The van der Waals surface area contributed by atoms with Gasteiger partial charge in [-0.2, -0.15) is 0 Å². The van der Waals surface area contributed by atoms with Crippen molar-refractivity contribution >= 4 is 30.2 Å². The van der Waals surface area contributed by atoms with Crippen molar-refractivity contribution < 1.29 is 4.39 Å². The van der Waals surface area contributed by atoms with Crippen LogP contribution < -0.4 is 5.46 Å². The third-order valence-corrected chi connectivity index (χ3v) is 5.02. The number of rotatable bonds is 6. The molecule has 1 aromatic heterocycles. The van der Waals surface area contributed by atoms with Crippen LogP contribution in [-0.4, -0.2) is 7.85 Å². The Kier molecular flexibility index (Phi) is 7.17. The predicted molar refractivity (Wildman–Crippen MR) is 116 cm³/mol. The SMILES string of the molecule is [B]c1csc(-c2ccc(/C(C)=C/C=C(C=C)/C(C)=C/C=C\C)c(F)c2)c1. The summed E-state index contributed by atoms with van der Waals surface area (Å²) in [6, 6.07) is 7.17. The van der Waals surface area contributed by atoms with E-state index in [1.54, 1.807) is 12.1 Å². The summed E-state index contributed by atoms with van der Waals surface area (Å²) in [6.07, 6.45) is 11.7. The van der Waals surface area contributed by atoms with Gasteiger partial charge >= 0.3 is 0 Å². The van der Waals surface area contributed by atoms with Gasteiger partial charge in [0.05, 0.1) is 0 Å². The molecule has 1 heterocycles. The largest absolute Gasteiger partial charge is 0.206 e. The molecule has 1 aromatic carbocycles. The second-order valence-electron chi connectivity index (χ2n) is 5.99. The lowest BCUT2D eigenvalue weighted by Gasteiger charge is -2.06. The molecule has 0 aliphatic carbocycles. The molecule has 2 rings (SSSR count). The summed E-state index contributed by atoms with van der Waals surface area (Å²) in [5.41, 5.74) is 5.11. The van der Waals surface area contributed by atoms with Crippen molar-refractivity contribution in [3.05, 3.63) is 95.2 Å². The molecule has 0 saturated carbocycles. The number of halogens is 1. The van der Waals surface area contributed by atoms with Crippen molar-refractivity contribution in [3.63, 3.8) is 0 Å². The molecule has 26 heavy (non-hydrogen) atoms. The van der Waals surface area contributed by atoms with E-state index in [4.69, 9.17) is 7.85 Å². The average Bonchev–Trinajstić information content (AvgIpc) is 3.06. The Labute approximate surface area is 161 Å². The van der Waals surface area contributed by atoms with E-state index in [2.05, 4.69) is 6.58 Å². The molecule has 0 spiro atoms. The van der Waals surface area contributed by atoms with Crippen molar-refractivity contribution in [1.82, 2.24) is 0 Å². The molecule has 0 aliphatic heterocycles. The molecule has 130 valence electrons. The summed E-state index contributed by atoms with van der Waals surface area (Å²) in [4.78, 5) is 0.966. The lowest BCUT2D eigenvalue weighted by atomic mass is 9.98. The van der Waals surface area contributed by atoms with Crippen LogP contribution in [0.2, 0.25) is 0 Å². The molecule has 2 aromatic rings. The minimum Gasteiger partial charge on any atom is -0.206 e. The van der Waals surface area contributed by atoms with Gasteiger partial charge < -0.3 is 0 Å². The van der Waals surface area contributed by atoms with Crippen molar-refractivity contribution in [3.8, 4) is 10.4 Å². The van der Waals surface area contributed by atoms with E-state index < -0.39 is 0 Å². The summed E-state index contributed by atoms with van der Waals surface area (Å²) < 4.78 is 14.6. The number of benzene rings is 1. The Balaban J connectivity index is 2.31. The van der Waals surface area contributed by atoms with E-state index in [9.17, 15) is 4.39 Å². The fourth-order valence-electron chi connectivity index (χ4n) is 2.49. The average molecular weight is 360 g/mol. The highest BCUT2D eigenvalue weighted by atomic mass is 32.1. The van der Waals surface area contributed by atoms with Gasteiger partial charge in [0.1, 0.15) is 13.7 Å². The first-order valence-corrected chi connectivity index (χ1v) is 9.29. The molecule has 0 aliphatic rings. The highest BCUT2D eigenvalue weighted by Gasteiger charge is 2.08. The van der Waals surface area contributed by atoms with Crippen LogP contribution in [0, 0.1) is 5.82 Å². The fraction of sp³-hybridized carbons (Fsp3) is 0.130. The van der Waals surface area contributed by atoms with Gasteiger partial charge in [0.15, 0.2) is 0 Å². The minimum atomic E-state index is -0.238. The van der Waals surface area contributed by atoms with Gasteiger partial charge in [0.2, 0.25) is 0 Å². The zero-order valence-corrected chi connectivity index (χ0v) is 16.2. The molecule has 0 N–H and O–H groups in total. The monoisotopic (exact) mass is 360 g/mol. The van der Waals surface area contributed by atoms with Crippen molar-refractivity contribution in [2.45, 2.75) is 20.8 Å². The van der Waals surface area contributed by atoms with Gasteiger partial charge in [-0.3, -0.25) is 0 Å². The quantitative estimate of drug-likeness (QED) is 0.414. The van der Waals surface area contributed by atoms with Crippen molar-refractivity contribution in [1.29, 1.82) is 0 Å². The van der Waals surface area contributed by atoms with Crippen LogP contribution in [0.4, 0.5) is 4.39 Å². The normalized spacial score (nSPS) is 13.5. The van der Waals surface area contributed by atoms with E-state index in [1.165, 1.54) is 11.3 Å². The highest BCUT2D eigenvalue weighted by molar-refractivity contribution is 7.14. The predicted octanol–water partition coefficient (Wildman–Crippen LogP) is 6.39. The minimum absolute atomic E-state index is 0.238. The topological polar surface area (TPSA) is 0 Å². The maximum absolute atomic E-state index is 14.6. The van der Waals surface area contributed by atoms with Crippen molar-refractivity contribution in [2.75, 3.05) is 0 Å². The maximum Gasteiger partial charge on any atom is 0.131 e. The molecular weight excluding hydrogens is 338 g/mol. The number of hydrogen-bond donors (Lipinski definition) is 0. The van der Waals surface area contributed by atoms with Crippen molar-refractivity contribution in [2.24, 2.45) is 0 Å². The molecule has 0 bridgehead atoms. The van der Waals surface area contributed by atoms with E-state index in [0.29, 0.717) is 11.0 Å². The van der Waals surface area contributed by atoms with Gasteiger partial charge in [-0.15, -0.1) is 11.3 Å². The maximum atomic E-state index is 14.6. The van der Waals surface area contributed by atoms with Crippen LogP contribution >= 0.6 is 11.3 Å². The lowest BCUT2D eigenvalue weighted by Crippen LogP contribution is -1.93. The summed E-state index contributed by atoms with van der Waals surface area (Å²) in [7, 11) is 5.75. The molecule has 0 unspecified atom stereocenters. The Morgan fingerprint density at radius 3 is 2.50 bits per heavy atom. The van der Waals surface area contributed by atoms with E-state index in [1.807, 2.05) is 74.7 Å². The second kappa shape index (κ2) is 9.35. The first-order valence-electron chi connectivity index (χ1n) is 8.41. The smallest absolute Gasteiger partial charge is 0.131 e. The van der Waals surface area contributed by atoms with E-state index in [-0.39, 0.29) is 5.82 Å². The van der Waals surface area contributed by atoms with Crippen LogP contribution in [0.25, 0.3) is 16.0 Å². The molecule has 0 nitrogen and oxygen atoms in total. The molecule has 3 heteroatoms. The number of thiophene rings is 1. The van der Waals surface area contributed by atoms with E-state index in [0.717, 1.165) is 27.2 Å². The van der Waals surface area contributed by atoms with Gasteiger partial charge in [-0.25, -0.2) is 4.39 Å². The van der Waals surface area contributed by atoms with E-state index >= 15 is 0 Å². The number of hydrogen-bond acceptors (Lipinski definition) is 1. The van der Waals surface area contributed by atoms with Crippen LogP contribution in [0.15, 0.2) is 83.8 Å². The lowest BCUT2D eigenvalue weighted by molar-refractivity contribution is 0.624. The summed E-state index contributed by atoms with van der Waals surface area (Å²) >= 11 is 1.51. The van der Waals surface area contributed by atoms with Gasteiger partial charge in [0.25, 0.3) is 0 Å². The number of allylic oxidation sites excluding steroid dienone is 9. The van der Waals surface area contributed by atoms with Gasteiger partial charge in [-0.1, -0.05) is 66.7 Å². The molecule has 0 atom stereocenters. The van der Waals surface area contributed by atoms with Crippen LogP contribution in [0.5, 0.6) is 0 Å². The third-order valence-electron chi connectivity index (χ3n) is 4.03. The van der Waals surface area contributed by atoms with Crippen LogP contribution in [-0.2, 0) is 0 Å². The zero-order chi connectivity index (χ0) is 19.1. The zero-order valence-electron chi connectivity index (χ0n) is 15.4. The first kappa shape index (κ1) is 19.9. The van der Waals surface area contributed by atoms with Crippen LogP contribution in [0.3, 0.4) is 0 Å². The Bertz CT molecular complexity index is 910. The second-order valence-corrected chi connectivity index (χ2v) is 6.90. The Hall–Kier alpha value is -2.39. The van der Waals surface area contributed by atoms with Gasteiger partial charge in [0, 0.05) is 10.4 Å². The molecular formula is C23H22BFS. The fourth-order valence-corrected chi connectivity index (χ4v) is 3.29. The van der Waals surface area contributed by atoms with Gasteiger partial charge in [-0.05, 0) is 54.5 Å². The van der Waals surface area contributed by atoms with Crippen LogP contribution in [0.1, 0.15) is 26.3 Å². The third kappa shape index (κ3) is 5.06. The standard InChI is InChI=1S/C23H22BFS/c1-5-7-8-16(3)18(6-2)10-9-17(4)21-12-11-19(13-22(21)25)23-14-20(24)15-26-23/h5-15H,2H2,1,3-4H3/b7-5-,16-8+,17-9+,18-10+. The summed E-state index contributed by atoms with van der Waals surface area (Å²) in [5, 5.41) is 1.86. The molecule has 2 radical (unpaired) electrons. The Morgan fingerprint density at radius 1 is 1.15 bits per heavy atom. The molecule has 0 amide bonds. The Morgan fingerprint density at radius 2 is 1.92 bits per heavy atom. The highest BCUT2D eigenvalue weighted by Crippen LogP contribution is 2.28. The first-order chi connectivity index (χ1) is 12.5. The molecule has 0 fully saturated rings.